The Labute approximate surface area is 97.9 Å². The highest BCUT2D eigenvalue weighted by Gasteiger charge is 2.14. The average Bonchev–Trinajstić information content (AvgIpc) is 2.58. The normalized spacial score (nSPS) is 10.9. The van der Waals surface area contributed by atoms with E-state index >= 15 is 0 Å². The van der Waals surface area contributed by atoms with Gasteiger partial charge in [-0.25, -0.2) is 13.8 Å². The molecule has 0 aliphatic rings. The Morgan fingerprint density at radius 2 is 2.00 bits per heavy atom. The highest BCUT2D eigenvalue weighted by Crippen LogP contribution is 2.25. The summed E-state index contributed by atoms with van der Waals surface area (Å²) in [6.45, 7) is 2.12. The lowest BCUT2D eigenvalue weighted by atomic mass is 10.1. The Hall–Kier alpha value is -1.75. The van der Waals surface area contributed by atoms with E-state index in [1.54, 1.807) is 11.6 Å². The fourth-order valence-electron chi connectivity index (χ4n) is 1.92. The summed E-state index contributed by atoms with van der Waals surface area (Å²) in [6, 6.07) is 3.81. The largest absolute Gasteiger partial charge is 0.330 e. The lowest BCUT2D eigenvalue weighted by Gasteiger charge is -2.06. The molecule has 17 heavy (non-hydrogen) atoms. The van der Waals surface area contributed by atoms with Crippen molar-refractivity contribution in [3.05, 3.63) is 41.4 Å². The molecule has 0 fully saturated rings. The standard InChI is InChI=1S/C12H13F2N3/c1-7-12(17(2)11(6-15)16-7)8-3-4-9(13)10(14)5-8/h3-5H,6,15H2,1-2H3. The third kappa shape index (κ3) is 1.93. The number of hydrogen-bond donors (Lipinski definition) is 1. The maximum atomic E-state index is 13.2. The van der Waals surface area contributed by atoms with E-state index in [1.807, 2.05) is 6.92 Å². The fraction of sp³-hybridized carbons (Fsp3) is 0.250. The van der Waals surface area contributed by atoms with Crippen LogP contribution < -0.4 is 5.73 Å². The van der Waals surface area contributed by atoms with E-state index in [2.05, 4.69) is 4.98 Å². The van der Waals surface area contributed by atoms with Gasteiger partial charge in [-0.05, 0) is 25.1 Å². The van der Waals surface area contributed by atoms with Gasteiger partial charge in [0.1, 0.15) is 5.82 Å². The molecule has 0 unspecified atom stereocenters. The van der Waals surface area contributed by atoms with Crippen LogP contribution in [-0.2, 0) is 13.6 Å². The van der Waals surface area contributed by atoms with E-state index in [0.29, 0.717) is 17.9 Å². The van der Waals surface area contributed by atoms with Gasteiger partial charge in [-0.2, -0.15) is 0 Å². The molecular formula is C12H13F2N3. The van der Waals surface area contributed by atoms with Crippen LogP contribution in [0.1, 0.15) is 11.5 Å². The van der Waals surface area contributed by atoms with Gasteiger partial charge in [0.05, 0.1) is 17.9 Å². The van der Waals surface area contributed by atoms with Gasteiger partial charge in [-0.3, -0.25) is 0 Å². The second kappa shape index (κ2) is 4.25. The van der Waals surface area contributed by atoms with Gasteiger partial charge in [-0.15, -0.1) is 0 Å². The summed E-state index contributed by atoms with van der Waals surface area (Å²) in [7, 11) is 1.80. The molecule has 1 aromatic carbocycles. The van der Waals surface area contributed by atoms with Crippen molar-refractivity contribution < 1.29 is 8.78 Å². The van der Waals surface area contributed by atoms with Crippen LogP contribution in [0.25, 0.3) is 11.3 Å². The number of rotatable bonds is 2. The molecule has 2 rings (SSSR count). The zero-order valence-corrected chi connectivity index (χ0v) is 9.67. The molecule has 0 bridgehead atoms. The molecule has 2 N–H and O–H groups in total. The van der Waals surface area contributed by atoms with Gasteiger partial charge in [0, 0.05) is 12.6 Å². The zero-order chi connectivity index (χ0) is 12.6. The summed E-state index contributed by atoms with van der Waals surface area (Å²) in [5.41, 5.74) is 7.64. The Morgan fingerprint density at radius 1 is 1.29 bits per heavy atom. The molecule has 1 heterocycles. The molecule has 0 spiro atoms. The Morgan fingerprint density at radius 3 is 2.53 bits per heavy atom. The number of aromatic nitrogens is 2. The molecule has 0 amide bonds. The predicted molar refractivity (Wildman–Crippen MR) is 61.2 cm³/mol. The zero-order valence-electron chi connectivity index (χ0n) is 9.67. The van der Waals surface area contributed by atoms with Crippen LogP contribution in [0.15, 0.2) is 18.2 Å². The van der Waals surface area contributed by atoms with E-state index in [1.165, 1.54) is 12.1 Å². The molecule has 0 saturated heterocycles. The van der Waals surface area contributed by atoms with Crippen molar-refractivity contribution in [3.63, 3.8) is 0 Å². The van der Waals surface area contributed by atoms with Crippen LogP contribution >= 0.6 is 0 Å². The number of imidazole rings is 1. The molecular weight excluding hydrogens is 224 g/mol. The number of nitrogens with zero attached hydrogens (tertiary/aromatic N) is 2. The smallest absolute Gasteiger partial charge is 0.159 e. The Bertz CT molecular complexity index is 561. The lowest BCUT2D eigenvalue weighted by molar-refractivity contribution is 0.509. The van der Waals surface area contributed by atoms with Crippen LogP contribution in [0, 0.1) is 18.6 Å². The first-order valence-electron chi connectivity index (χ1n) is 5.22. The van der Waals surface area contributed by atoms with Gasteiger partial charge in [0.2, 0.25) is 0 Å². The third-order valence-electron chi connectivity index (χ3n) is 2.74. The molecule has 0 aliphatic heterocycles. The van der Waals surface area contributed by atoms with E-state index in [4.69, 9.17) is 5.73 Å². The predicted octanol–water partition coefficient (Wildman–Crippen LogP) is 2.13. The SMILES string of the molecule is Cc1nc(CN)n(C)c1-c1ccc(F)c(F)c1. The highest BCUT2D eigenvalue weighted by atomic mass is 19.2. The van der Waals surface area contributed by atoms with Gasteiger partial charge in [0.25, 0.3) is 0 Å². The summed E-state index contributed by atoms with van der Waals surface area (Å²) >= 11 is 0. The molecule has 1 aromatic heterocycles. The number of nitrogens with two attached hydrogens (primary N) is 1. The monoisotopic (exact) mass is 237 g/mol. The first-order valence-corrected chi connectivity index (χ1v) is 5.22. The van der Waals surface area contributed by atoms with Crippen molar-refractivity contribution in [1.29, 1.82) is 0 Å². The average molecular weight is 237 g/mol. The van der Waals surface area contributed by atoms with E-state index < -0.39 is 11.6 Å². The van der Waals surface area contributed by atoms with Crippen molar-refractivity contribution >= 4 is 0 Å². The van der Waals surface area contributed by atoms with Crippen LogP contribution in [0.2, 0.25) is 0 Å². The minimum atomic E-state index is -0.864. The first-order chi connectivity index (χ1) is 8.04. The molecule has 5 heteroatoms. The van der Waals surface area contributed by atoms with Gasteiger partial charge in [-0.1, -0.05) is 0 Å². The van der Waals surface area contributed by atoms with Gasteiger partial charge < -0.3 is 10.3 Å². The van der Waals surface area contributed by atoms with Crippen molar-refractivity contribution in [2.75, 3.05) is 0 Å². The summed E-state index contributed by atoms with van der Waals surface area (Å²) in [6.07, 6.45) is 0. The summed E-state index contributed by atoms with van der Waals surface area (Å²) in [5.74, 6) is -1.01. The van der Waals surface area contributed by atoms with Crippen LogP contribution in [0.4, 0.5) is 8.78 Å². The maximum Gasteiger partial charge on any atom is 0.159 e. The Kier molecular flexibility index (Phi) is 2.93. The van der Waals surface area contributed by atoms with Crippen LogP contribution in [0.3, 0.4) is 0 Å². The lowest BCUT2D eigenvalue weighted by Crippen LogP contribution is -2.05. The van der Waals surface area contributed by atoms with E-state index in [-0.39, 0.29) is 0 Å². The molecule has 0 radical (unpaired) electrons. The van der Waals surface area contributed by atoms with E-state index in [0.717, 1.165) is 17.5 Å². The highest BCUT2D eigenvalue weighted by molar-refractivity contribution is 5.62. The van der Waals surface area contributed by atoms with E-state index in [9.17, 15) is 8.78 Å². The molecule has 0 saturated carbocycles. The maximum absolute atomic E-state index is 13.2. The molecule has 0 aliphatic carbocycles. The van der Waals surface area contributed by atoms with Crippen molar-refractivity contribution in [3.8, 4) is 11.3 Å². The number of halogens is 2. The first kappa shape index (κ1) is 11.7. The second-order valence-corrected chi connectivity index (χ2v) is 3.85. The molecule has 0 atom stereocenters. The molecule has 2 aromatic rings. The van der Waals surface area contributed by atoms with Crippen LogP contribution in [0.5, 0.6) is 0 Å². The summed E-state index contributed by atoms with van der Waals surface area (Å²) in [4.78, 5) is 4.28. The summed E-state index contributed by atoms with van der Waals surface area (Å²) < 4.78 is 27.9. The summed E-state index contributed by atoms with van der Waals surface area (Å²) in [5, 5.41) is 0. The van der Waals surface area contributed by atoms with Gasteiger partial charge >= 0.3 is 0 Å². The second-order valence-electron chi connectivity index (χ2n) is 3.85. The number of aryl methyl sites for hydroxylation is 1. The fourth-order valence-corrected chi connectivity index (χ4v) is 1.92. The van der Waals surface area contributed by atoms with Crippen molar-refractivity contribution in [2.45, 2.75) is 13.5 Å². The minimum absolute atomic E-state index is 0.307. The molecule has 3 nitrogen and oxygen atoms in total. The number of benzene rings is 1. The topological polar surface area (TPSA) is 43.8 Å². The van der Waals surface area contributed by atoms with Crippen LogP contribution in [-0.4, -0.2) is 9.55 Å². The minimum Gasteiger partial charge on any atom is -0.330 e. The quantitative estimate of drug-likeness (QED) is 0.869. The van der Waals surface area contributed by atoms with Crippen molar-refractivity contribution in [2.24, 2.45) is 12.8 Å². The van der Waals surface area contributed by atoms with Crippen molar-refractivity contribution in [1.82, 2.24) is 9.55 Å². The number of hydrogen-bond acceptors (Lipinski definition) is 2. The Balaban J connectivity index is 2.60. The van der Waals surface area contributed by atoms with Gasteiger partial charge in [0.15, 0.2) is 11.6 Å². The third-order valence-corrected chi connectivity index (χ3v) is 2.74. The molecule has 90 valence electrons.